The van der Waals surface area contributed by atoms with E-state index in [1.165, 1.54) is 0 Å². The summed E-state index contributed by atoms with van der Waals surface area (Å²) in [6.07, 6.45) is -18.3. The third kappa shape index (κ3) is 6.68. The molecule has 0 atom stereocenters. The number of hydrogen-bond acceptors (Lipinski definition) is 3. The first-order valence-electron chi connectivity index (χ1n) is 9.98. The normalized spacial score (nSPS) is 16.1. The molecule has 0 radical (unpaired) electrons. The van der Waals surface area contributed by atoms with E-state index in [1.54, 1.807) is 0 Å². The first-order valence-corrected chi connectivity index (χ1v) is 11.7. The predicted molar refractivity (Wildman–Crippen MR) is 90.9 cm³/mol. The highest BCUT2D eigenvalue weighted by Gasteiger charge is 2.95. The van der Waals surface area contributed by atoms with Crippen LogP contribution >= 0.6 is 0 Å². The van der Waals surface area contributed by atoms with Crippen molar-refractivity contribution in [2.24, 2.45) is 0 Å². The van der Waals surface area contributed by atoms with Gasteiger partial charge in [-0.1, -0.05) is 0 Å². The molecule has 0 bridgehead atoms. The summed E-state index contributed by atoms with van der Waals surface area (Å²) in [4.78, 5) is 0. The molecule has 0 spiro atoms. The van der Waals surface area contributed by atoms with Crippen molar-refractivity contribution in [3.8, 4) is 0 Å². The van der Waals surface area contributed by atoms with Gasteiger partial charge in [-0.15, -0.1) is 0 Å². The van der Waals surface area contributed by atoms with Gasteiger partial charge >= 0.3 is 62.2 Å². The van der Waals surface area contributed by atoms with Crippen LogP contribution in [0.15, 0.2) is 0 Å². The van der Waals surface area contributed by atoms with E-state index in [2.05, 4.69) is 13.3 Å². The van der Waals surface area contributed by atoms with Crippen LogP contribution in [0.1, 0.15) is 26.7 Å². The highest BCUT2D eigenvalue weighted by Crippen LogP contribution is 2.63. The summed E-state index contributed by atoms with van der Waals surface area (Å²) >= 11 is 0. The van der Waals surface area contributed by atoms with Crippen LogP contribution in [-0.4, -0.2) is 82.1 Å². The van der Waals surface area contributed by atoms with E-state index in [1.807, 2.05) is 0 Å². The molecule has 0 aliphatic rings. The summed E-state index contributed by atoms with van der Waals surface area (Å²) in [5.74, 6) is -49.1. The average molecular weight is 664 g/mol. The van der Waals surface area contributed by atoms with Gasteiger partial charge in [-0.2, -0.15) is 87.8 Å². The lowest BCUT2D eigenvalue weighted by atomic mass is 9.90. The zero-order chi connectivity index (χ0) is 32.7. The molecule has 0 amide bonds. The van der Waals surface area contributed by atoms with Crippen molar-refractivity contribution >= 4 is 8.80 Å². The zero-order valence-electron chi connectivity index (χ0n) is 19.3. The maximum atomic E-state index is 14.7. The van der Waals surface area contributed by atoms with Crippen molar-refractivity contribution in [3.63, 3.8) is 0 Å². The lowest BCUT2D eigenvalue weighted by Gasteiger charge is -2.45. The van der Waals surface area contributed by atoms with E-state index in [0.717, 1.165) is 0 Å². The average Bonchev–Trinajstić information content (AvgIpc) is 2.74. The van der Waals surface area contributed by atoms with E-state index in [9.17, 15) is 87.8 Å². The molecule has 40 heavy (non-hydrogen) atoms. The van der Waals surface area contributed by atoms with Crippen molar-refractivity contribution in [1.82, 2.24) is 0 Å². The molecule has 0 fully saturated rings. The van der Waals surface area contributed by atoms with Crippen LogP contribution in [0.3, 0.4) is 0 Å². The summed E-state index contributed by atoms with van der Waals surface area (Å²) in [7, 11) is -7.45. The summed E-state index contributed by atoms with van der Waals surface area (Å²) in [6, 6.07) is 0. The molecular formula is C16H16F20O3Si. The van der Waals surface area contributed by atoms with Gasteiger partial charge < -0.3 is 13.3 Å². The molecule has 0 saturated heterocycles. The maximum absolute atomic E-state index is 14.7. The van der Waals surface area contributed by atoms with Crippen molar-refractivity contribution in [1.29, 1.82) is 0 Å². The fourth-order valence-corrected chi connectivity index (χ4v) is 5.07. The molecular weight excluding hydrogens is 648 g/mol. The highest BCUT2D eigenvalue weighted by atomic mass is 28.4. The second-order valence-corrected chi connectivity index (χ2v) is 10.2. The Labute approximate surface area is 211 Å². The standard InChI is InChI=1S/C16H16F20O3Si/c1-3-37-40(38-4-2,39-7-10(22,23)24)16(35,36)15(33,34)14(31,32)13(29,30)12(27,28)11(25,26)8(17,18)5-6-9(19,20)21/h3-7H2,1-2H3. The quantitative estimate of drug-likeness (QED) is 0.132. The lowest BCUT2D eigenvalue weighted by molar-refractivity contribution is -0.439. The molecule has 0 aliphatic carbocycles. The van der Waals surface area contributed by atoms with Gasteiger partial charge in [0.1, 0.15) is 6.61 Å². The number of hydrogen-bond donors (Lipinski definition) is 0. The molecule has 3 nitrogen and oxygen atoms in total. The molecule has 0 saturated carbocycles. The third-order valence-corrected chi connectivity index (χ3v) is 7.58. The fourth-order valence-electron chi connectivity index (χ4n) is 2.62. The molecule has 0 aliphatic heterocycles. The second kappa shape index (κ2) is 11.4. The maximum Gasteiger partial charge on any atom is 0.582 e. The Balaban J connectivity index is 7.03. The van der Waals surface area contributed by atoms with Gasteiger partial charge in [0.15, 0.2) is 0 Å². The van der Waals surface area contributed by atoms with Crippen LogP contribution in [0.2, 0.25) is 0 Å². The van der Waals surface area contributed by atoms with E-state index < -0.39 is 94.9 Å². The summed E-state index contributed by atoms with van der Waals surface area (Å²) in [6.45, 7) is -5.08. The van der Waals surface area contributed by atoms with E-state index >= 15 is 0 Å². The summed E-state index contributed by atoms with van der Waals surface area (Å²) in [5, 5.41) is 0. The SMILES string of the molecule is CCO[Si](OCC)(OCC(F)(F)F)C(F)(F)C(F)(F)C(F)(F)C(F)(F)C(F)(F)C(F)(F)C(F)(F)CCC(F)(F)F. The largest absolute Gasteiger partial charge is 0.582 e. The molecule has 24 heteroatoms. The Hall–Kier alpha value is -1.30. The van der Waals surface area contributed by atoms with Gasteiger partial charge in [0.05, 0.1) is 0 Å². The van der Waals surface area contributed by atoms with Crippen LogP contribution in [0, 0.1) is 0 Å². The van der Waals surface area contributed by atoms with Gasteiger partial charge in [-0.05, 0) is 13.8 Å². The Morgan fingerprint density at radius 2 is 0.775 bits per heavy atom. The Bertz CT molecular complexity index is 831. The summed E-state index contributed by atoms with van der Waals surface area (Å²) in [5.41, 5.74) is -7.33. The predicted octanol–water partition coefficient (Wildman–Crippen LogP) is 7.91. The monoisotopic (exact) mass is 664 g/mol. The zero-order valence-corrected chi connectivity index (χ0v) is 20.3. The molecule has 0 unspecified atom stereocenters. The van der Waals surface area contributed by atoms with Crippen LogP contribution in [0.5, 0.6) is 0 Å². The first kappa shape index (κ1) is 38.7. The van der Waals surface area contributed by atoms with Crippen LogP contribution < -0.4 is 0 Å². The van der Waals surface area contributed by atoms with Crippen molar-refractivity contribution in [3.05, 3.63) is 0 Å². The molecule has 0 aromatic carbocycles. The second-order valence-electron chi connectivity index (χ2n) is 7.59. The minimum absolute atomic E-state index is 0.496. The van der Waals surface area contributed by atoms with E-state index in [-0.39, 0.29) is 0 Å². The highest BCUT2D eigenvalue weighted by molar-refractivity contribution is 6.63. The smallest absolute Gasteiger partial charge is 0.370 e. The van der Waals surface area contributed by atoms with Crippen molar-refractivity contribution < 1.29 is 101 Å². The van der Waals surface area contributed by atoms with Crippen molar-refractivity contribution in [2.45, 2.75) is 80.1 Å². The van der Waals surface area contributed by atoms with Gasteiger partial charge in [0.2, 0.25) is 0 Å². The first-order chi connectivity index (χ1) is 17.3. The van der Waals surface area contributed by atoms with Crippen LogP contribution in [-0.2, 0) is 13.3 Å². The third-order valence-electron chi connectivity index (χ3n) is 4.63. The van der Waals surface area contributed by atoms with Crippen LogP contribution in [0.25, 0.3) is 0 Å². The molecule has 242 valence electrons. The van der Waals surface area contributed by atoms with Gasteiger partial charge in [0, 0.05) is 26.1 Å². The van der Waals surface area contributed by atoms with E-state index in [4.69, 9.17) is 0 Å². The Morgan fingerprint density at radius 1 is 0.425 bits per heavy atom. The minimum atomic E-state index is -8.68. The molecule has 0 aromatic rings. The fraction of sp³-hybridized carbons (Fsp3) is 1.00. The minimum Gasteiger partial charge on any atom is -0.370 e. The summed E-state index contributed by atoms with van der Waals surface area (Å²) < 4.78 is 281. The van der Waals surface area contributed by atoms with E-state index in [0.29, 0.717) is 13.8 Å². The van der Waals surface area contributed by atoms with Gasteiger partial charge in [-0.25, -0.2) is 0 Å². The van der Waals surface area contributed by atoms with Crippen LogP contribution in [0.4, 0.5) is 87.8 Å². The van der Waals surface area contributed by atoms with Gasteiger partial charge in [0.25, 0.3) is 0 Å². The molecule has 0 aromatic heterocycles. The Kier molecular flexibility index (Phi) is 11.0. The number of rotatable bonds is 15. The number of halogens is 20. The molecule has 0 heterocycles. The molecule has 0 N–H and O–H groups in total. The molecule has 0 rings (SSSR count). The van der Waals surface area contributed by atoms with Gasteiger partial charge in [-0.3, -0.25) is 0 Å². The lowest BCUT2D eigenvalue weighted by Crippen LogP contribution is -2.78. The van der Waals surface area contributed by atoms with Crippen molar-refractivity contribution in [2.75, 3.05) is 19.8 Å². The number of alkyl halides is 20. The topological polar surface area (TPSA) is 27.7 Å². The Morgan fingerprint density at radius 3 is 1.10 bits per heavy atom.